The molecule has 4 amide bonds. The zero-order valence-electron chi connectivity index (χ0n) is 15.8. The summed E-state index contributed by atoms with van der Waals surface area (Å²) in [6.45, 7) is 4.85. The van der Waals surface area contributed by atoms with Crippen LogP contribution < -0.4 is 9.80 Å². The van der Waals surface area contributed by atoms with Crippen LogP contribution in [0.25, 0.3) is 20.2 Å². The summed E-state index contributed by atoms with van der Waals surface area (Å²) >= 11 is 0. The number of thiophene rings is 1. The molecule has 8 heteroatoms. The number of hydrogen-bond acceptors (Lipinski definition) is 5. The number of carbonyl (C=O) groups excluding carboxylic acids is 4. The van der Waals surface area contributed by atoms with Gasteiger partial charge in [0.15, 0.2) is 9.40 Å². The summed E-state index contributed by atoms with van der Waals surface area (Å²) in [4.78, 5) is 50.4. The minimum absolute atomic E-state index is 0.0466. The molecule has 7 nitrogen and oxygen atoms in total. The van der Waals surface area contributed by atoms with Crippen LogP contribution >= 0.6 is 10.8 Å². The molecular formula is C20H18N2O5S. The number of rotatable bonds is 2. The third-order valence-corrected chi connectivity index (χ3v) is 5.89. The molecule has 3 aromatic rings. The summed E-state index contributed by atoms with van der Waals surface area (Å²) in [5.41, 5.74) is 0.142. The SMILES string of the molecule is CC(=O)N(C(C)=O)c1cc2c3ccccc3[s+]([O-])c2cc1N(C(C)=O)C(C)=O. The molecule has 0 saturated carbocycles. The van der Waals surface area contributed by atoms with Crippen molar-refractivity contribution in [2.75, 3.05) is 9.80 Å². The van der Waals surface area contributed by atoms with E-state index in [9.17, 15) is 23.7 Å². The lowest BCUT2D eigenvalue weighted by Gasteiger charge is -2.25. The van der Waals surface area contributed by atoms with E-state index < -0.39 is 34.4 Å². The van der Waals surface area contributed by atoms with Crippen molar-refractivity contribution in [3.05, 3.63) is 36.4 Å². The van der Waals surface area contributed by atoms with Gasteiger partial charge >= 0.3 is 0 Å². The smallest absolute Gasteiger partial charge is 0.230 e. The highest BCUT2D eigenvalue weighted by Gasteiger charge is 2.29. The Morgan fingerprint density at radius 2 is 1.18 bits per heavy atom. The number of imide groups is 2. The number of benzene rings is 2. The van der Waals surface area contributed by atoms with Crippen LogP contribution in [0, 0.1) is 0 Å². The first-order chi connectivity index (χ1) is 13.1. The van der Waals surface area contributed by atoms with Crippen LogP contribution in [-0.4, -0.2) is 28.2 Å². The molecule has 0 radical (unpaired) electrons. The van der Waals surface area contributed by atoms with Gasteiger partial charge in [0.1, 0.15) is 0 Å². The predicted octanol–water partition coefficient (Wildman–Crippen LogP) is 3.52. The van der Waals surface area contributed by atoms with Gasteiger partial charge in [0, 0.05) is 44.5 Å². The maximum Gasteiger partial charge on any atom is 0.230 e. The minimum atomic E-state index is -1.51. The third kappa shape index (κ3) is 3.06. The van der Waals surface area contributed by atoms with E-state index in [-0.39, 0.29) is 11.4 Å². The lowest BCUT2D eigenvalue weighted by molar-refractivity contribution is -0.126. The van der Waals surface area contributed by atoms with Gasteiger partial charge < -0.3 is 4.55 Å². The molecule has 0 saturated heterocycles. The molecule has 0 aliphatic rings. The number of hydrogen-bond donors (Lipinski definition) is 0. The van der Waals surface area contributed by atoms with Crippen molar-refractivity contribution in [1.82, 2.24) is 0 Å². The molecule has 0 aliphatic heterocycles. The van der Waals surface area contributed by atoms with Crippen molar-refractivity contribution in [1.29, 1.82) is 0 Å². The molecule has 0 spiro atoms. The van der Waals surface area contributed by atoms with Gasteiger partial charge in [-0.25, -0.2) is 9.80 Å². The monoisotopic (exact) mass is 398 g/mol. The maximum atomic E-state index is 12.9. The number of amides is 4. The second kappa shape index (κ2) is 7.14. The van der Waals surface area contributed by atoms with E-state index in [0.29, 0.717) is 20.2 Å². The van der Waals surface area contributed by atoms with E-state index in [1.165, 1.54) is 39.8 Å². The van der Waals surface area contributed by atoms with Crippen LogP contribution in [0.3, 0.4) is 0 Å². The van der Waals surface area contributed by atoms with Gasteiger partial charge in [-0.15, -0.1) is 0 Å². The Morgan fingerprint density at radius 1 is 0.714 bits per heavy atom. The maximum absolute atomic E-state index is 12.9. The van der Waals surface area contributed by atoms with Gasteiger partial charge in [0.05, 0.1) is 11.4 Å². The van der Waals surface area contributed by atoms with E-state index in [0.717, 1.165) is 9.80 Å². The van der Waals surface area contributed by atoms with Crippen molar-refractivity contribution in [2.45, 2.75) is 27.7 Å². The highest BCUT2D eigenvalue weighted by atomic mass is 32.2. The van der Waals surface area contributed by atoms with Crippen LogP contribution in [0.4, 0.5) is 11.4 Å². The summed E-state index contributed by atoms with van der Waals surface area (Å²) in [6.07, 6.45) is 0. The molecule has 1 unspecified atom stereocenters. The van der Waals surface area contributed by atoms with Gasteiger partial charge in [0.25, 0.3) is 0 Å². The molecule has 3 rings (SSSR count). The topological polar surface area (TPSA) is 97.8 Å². The third-order valence-electron chi connectivity index (χ3n) is 4.39. The molecule has 1 heterocycles. The van der Waals surface area contributed by atoms with Crippen molar-refractivity contribution >= 4 is 65.9 Å². The van der Waals surface area contributed by atoms with Crippen molar-refractivity contribution in [3.63, 3.8) is 0 Å². The summed E-state index contributed by atoms with van der Waals surface area (Å²) in [5.74, 6) is -2.29. The number of anilines is 2. The Hall–Kier alpha value is -3.10. The van der Waals surface area contributed by atoms with E-state index in [1.807, 2.05) is 0 Å². The fourth-order valence-electron chi connectivity index (χ4n) is 3.37. The number of carbonyl (C=O) groups is 4. The lowest BCUT2D eigenvalue weighted by Crippen LogP contribution is -2.38. The largest absolute Gasteiger partial charge is 0.590 e. The van der Waals surface area contributed by atoms with Gasteiger partial charge in [-0.05, 0) is 28.9 Å². The second-order valence-electron chi connectivity index (χ2n) is 6.35. The van der Waals surface area contributed by atoms with Crippen LogP contribution in [0.1, 0.15) is 27.7 Å². The molecule has 1 aromatic heterocycles. The first kappa shape index (κ1) is 19.7. The summed E-state index contributed by atoms with van der Waals surface area (Å²) < 4.78 is 13.9. The predicted molar refractivity (Wildman–Crippen MR) is 108 cm³/mol. The van der Waals surface area contributed by atoms with E-state index in [2.05, 4.69) is 0 Å². The number of fused-ring (bicyclic) bond motifs is 3. The van der Waals surface area contributed by atoms with E-state index in [4.69, 9.17) is 0 Å². The molecule has 0 N–H and O–H groups in total. The van der Waals surface area contributed by atoms with E-state index >= 15 is 0 Å². The summed E-state index contributed by atoms with van der Waals surface area (Å²) in [6, 6.07) is 10.1. The Balaban J connectivity index is 2.49. The van der Waals surface area contributed by atoms with Gasteiger partial charge in [-0.1, -0.05) is 12.1 Å². The Labute approximate surface area is 163 Å². The van der Waals surface area contributed by atoms with E-state index in [1.54, 1.807) is 24.3 Å². The van der Waals surface area contributed by atoms with Gasteiger partial charge in [-0.3, -0.25) is 19.2 Å². The summed E-state index contributed by atoms with van der Waals surface area (Å²) in [5, 5.41) is 1.31. The van der Waals surface area contributed by atoms with Crippen molar-refractivity contribution in [3.8, 4) is 0 Å². The van der Waals surface area contributed by atoms with Crippen LogP contribution in [0.15, 0.2) is 36.4 Å². The first-order valence-electron chi connectivity index (χ1n) is 8.47. The Morgan fingerprint density at radius 3 is 1.68 bits per heavy atom. The van der Waals surface area contributed by atoms with Crippen LogP contribution in [-0.2, 0) is 19.2 Å². The highest BCUT2D eigenvalue weighted by molar-refractivity contribution is 7.37. The molecular weight excluding hydrogens is 380 g/mol. The Bertz CT molecular complexity index is 1140. The average Bonchev–Trinajstić information content (AvgIpc) is 2.86. The molecule has 0 aliphatic carbocycles. The zero-order chi connectivity index (χ0) is 20.7. The normalized spacial score (nSPS) is 11.5. The lowest BCUT2D eigenvalue weighted by atomic mass is 10.1. The molecule has 1 atom stereocenters. The molecule has 0 fully saturated rings. The molecule has 0 bridgehead atoms. The standard InChI is InChI=1S/C20H18N2O5S/c1-11(23)21(12(2)24)17-9-16-15-7-5-6-8-19(15)28(27)20(16)10-18(17)22(13(3)25)14(4)26/h5-10H,1-4H3. The fraction of sp³-hybridized carbons (Fsp3) is 0.200. The number of nitrogens with zero attached hydrogens (tertiary/aromatic N) is 2. The Kier molecular flexibility index (Phi) is 5.01. The average molecular weight is 398 g/mol. The van der Waals surface area contributed by atoms with Gasteiger partial charge in [-0.2, -0.15) is 0 Å². The van der Waals surface area contributed by atoms with Crippen molar-refractivity contribution in [2.24, 2.45) is 0 Å². The molecule has 2 aromatic carbocycles. The van der Waals surface area contributed by atoms with Crippen LogP contribution in [0.5, 0.6) is 0 Å². The summed E-state index contributed by atoms with van der Waals surface area (Å²) in [7, 11) is -1.51. The van der Waals surface area contributed by atoms with Gasteiger partial charge in [0.2, 0.25) is 23.6 Å². The quantitative estimate of drug-likeness (QED) is 0.615. The fourth-order valence-corrected chi connectivity index (χ4v) is 4.78. The van der Waals surface area contributed by atoms with Crippen molar-refractivity contribution < 1.29 is 23.7 Å². The minimum Gasteiger partial charge on any atom is -0.590 e. The second-order valence-corrected chi connectivity index (χ2v) is 7.77. The highest BCUT2D eigenvalue weighted by Crippen LogP contribution is 2.45. The molecule has 144 valence electrons. The zero-order valence-corrected chi connectivity index (χ0v) is 16.6. The van der Waals surface area contributed by atoms with Crippen LogP contribution in [0.2, 0.25) is 0 Å². The first-order valence-corrected chi connectivity index (χ1v) is 9.61. The molecule has 28 heavy (non-hydrogen) atoms.